The molecule has 0 bridgehead atoms. The molecular formula is C25H22BrNO7. The van der Waals surface area contributed by atoms with E-state index in [1.54, 1.807) is 48.5 Å². The van der Waals surface area contributed by atoms with Crippen molar-refractivity contribution in [3.63, 3.8) is 0 Å². The number of nitrogens with one attached hydrogen (secondary N) is 1. The summed E-state index contributed by atoms with van der Waals surface area (Å²) in [6, 6.07) is 18.4. The van der Waals surface area contributed by atoms with E-state index < -0.39 is 23.9 Å². The van der Waals surface area contributed by atoms with Crippen molar-refractivity contribution in [1.29, 1.82) is 0 Å². The fraction of sp³-hybridized carbons (Fsp3) is 0.160. The highest BCUT2D eigenvalue weighted by molar-refractivity contribution is 9.10. The highest BCUT2D eigenvalue weighted by atomic mass is 79.9. The Labute approximate surface area is 204 Å². The fourth-order valence-electron chi connectivity index (χ4n) is 3.17. The Hall–Kier alpha value is -3.85. The molecule has 0 heterocycles. The lowest BCUT2D eigenvalue weighted by Gasteiger charge is -2.24. The first-order chi connectivity index (χ1) is 16.4. The first kappa shape index (κ1) is 24.8. The lowest BCUT2D eigenvalue weighted by molar-refractivity contribution is -0.152. The number of halogens is 1. The zero-order valence-corrected chi connectivity index (χ0v) is 20.0. The van der Waals surface area contributed by atoms with Gasteiger partial charge in [-0.3, -0.25) is 14.4 Å². The van der Waals surface area contributed by atoms with Gasteiger partial charge in [0, 0.05) is 4.47 Å². The molecule has 8 nitrogen and oxygen atoms in total. The highest BCUT2D eigenvalue weighted by Gasteiger charge is 2.39. The summed E-state index contributed by atoms with van der Waals surface area (Å²) in [4.78, 5) is 37.9. The average Bonchev–Trinajstić information content (AvgIpc) is 2.84. The van der Waals surface area contributed by atoms with Crippen LogP contribution in [-0.2, 0) is 14.4 Å². The van der Waals surface area contributed by atoms with Crippen LogP contribution in [0.3, 0.4) is 0 Å². The predicted octanol–water partition coefficient (Wildman–Crippen LogP) is 4.08. The Morgan fingerprint density at radius 2 is 1.26 bits per heavy atom. The van der Waals surface area contributed by atoms with E-state index in [4.69, 9.17) is 18.9 Å². The standard InChI is InChI=1S/C25H22BrNO7/c1-31-18-6-10-20(11-7-18)33-24(29)22(23(27-15-28)16-4-3-5-17(26)14-16)25(30)34-21-12-8-19(32-2)9-13-21/h3-15,22-23H,1-2H3,(H,27,28)/t23-/m1/s1. The molecule has 0 aliphatic carbocycles. The zero-order valence-electron chi connectivity index (χ0n) is 18.4. The molecule has 0 aliphatic heterocycles. The van der Waals surface area contributed by atoms with Crippen LogP contribution in [0.2, 0.25) is 0 Å². The van der Waals surface area contributed by atoms with Crippen LogP contribution in [0.1, 0.15) is 11.6 Å². The van der Waals surface area contributed by atoms with E-state index >= 15 is 0 Å². The number of hydrogen-bond acceptors (Lipinski definition) is 7. The molecule has 0 unspecified atom stereocenters. The molecule has 0 fully saturated rings. The van der Waals surface area contributed by atoms with E-state index in [-0.39, 0.29) is 11.5 Å². The van der Waals surface area contributed by atoms with E-state index in [1.165, 1.54) is 38.5 Å². The second-order valence-corrected chi connectivity index (χ2v) is 7.90. The topological polar surface area (TPSA) is 100 Å². The molecule has 1 N–H and O–H groups in total. The van der Waals surface area contributed by atoms with Crippen LogP contribution in [0.15, 0.2) is 77.3 Å². The van der Waals surface area contributed by atoms with Crippen molar-refractivity contribution in [3.05, 3.63) is 82.8 Å². The molecule has 0 saturated carbocycles. The molecule has 9 heteroatoms. The monoisotopic (exact) mass is 527 g/mol. The molecule has 1 atom stereocenters. The smallest absolute Gasteiger partial charge is 0.328 e. The second kappa shape index (κ2) is 11.9. The minimum absolute atomic E-state index is 0.201. The van der Waals surface area contributed by atoms with Gasteiger partial charge in [-0.2, -0.15) is 0 Å². The number of esters is 2. The van der Waals surface area contributed by atoms with Gasteiger partial charge in [-0.1, -0.05) is 28.1 Å². The van der Waals surface area contributed by atoms with Gasteiger partial charge in [0.25, 0.3) is 0 Å². The van der Waals surface area contributed by atoms with Crippen molar-refractivity contribution in [2.24, 2.45) is 5.92 Å². The first-order valence-electron chi connectivity index (χ1n) is 10.1. The molecule has 3 aromatic carbocycles. The Kier molecular flexibility index (Phi) is 8.64. The van der Waals surface area contributed by atoms with E-state index in [2.05, 4.69) is 21.2 Å². The van der Waals surface area contributed by atoms with Gasteiger partial charge >= 0.3 is 11.9 Å². The van der Waals surface area contributed by atoms with Crippen LogP contribution in [0, 0.1) is 5.92 Å². The number of benzene rings is 3. The number of hydrogen-bond donors (Lipinski definition) is 1. The SMILES string of the molecule is COc1ccc(OC(=O)C(C(=O)Oc2ccc(OC)cc2)[C@H](NC=O)c2cccc(Br)c2)cc1. The summed E-state index contributed by atoms with van der Waals surface area (Å²) in [7, 11) is 3.03. The van der Waals surface area contributed by atoms with Gasteiger partial charge in [0.1, 0.15) is 23.0 Å². The Bertz CT molecular complexity index is 1070. The number of methoxy groups -OCH3 is 2. The lowest BCUT2D eigenvalue weighted by Crippen LogP contribution is -2.41. The minimum atomic E-state index is -1.51. The van der Waals surface area contributed by atoms with E-state index in [1.807, 2.05) is 0 Å². The number of amides is 1. The van der Waals surface area contributed by atoms with Gasteiger partial charge in [-0.15, -0.1) is 0 Å². The molecule has 34 heavy (non-hydrogen) atoms. The molecule has 3 aromatic rings. The van der Waals surface area contributed by atoms with Crippen LogP contribution < -0.4 is 24.3 Å². The summed E-state index contributed by atoms with van der Waals surface area (Å²) in [6.45, 7) is 0. The summed E-state index contributed by atoms with van der Waals surface area (Å²) in [5.41, 5.74) is 0.504. The van der Waals surface area contributed by atoms with Crippen molar-refractivity contribution in [2.75, 3.05) is 14.2 Å². The fourth-order valence-corrected chi connectivity index (χ4v) is 3.59. The van der Waals surface area contributed by atoms with Gasteiger partial charge in [0.05, 0.1) is 20.3 Å². The normalized spacial score (nSPS) is 11.3. The lowest BCUT2D eigenvalue weighted by atomic mass is 9.93. The van der Waals surface area contributed by atoms with E-state index in [9.17, 15) is 14.4 Å². The number of carbonyl (C=O) groups is 3. The van der Waals surface area contributed by atoms with Crippen LogP contribution in [0.4, 0.5) is 0 Å². The van der Waals surface area contributed by atoms with Crippen molar-refractivity contribution >= 4 is 34.3 Å². The molecule has 176 valence electrons. The van der Waals surface area contributed by atoms with Crippen molar-refractivity contribution in [2.45, 2.75) is 6.04 Å². The summed E-state index contributed by atoms with van der Waals surface area (Å²) in [5.74, 6) is -1.76. The van der Waals surface area contributed by atoms with Crippen LogP contribution in [0.25, 0.3) is 0 Å². The molecule has 1 amide bonds. The van der Waals surface area contributed by atoms with Gasteiger partial charge in [0.15, 0.2) is 5.92 Å². The maximum absolute atomic E-state index is 13.2. The van der Waals surface area contributed by atoms with Crippen LogP contribution >= 0.6 is 15.9 Å². The Morgan fingerprint density at radius 1 is 0.794 bits per heavy atom. The van der Waals surface area contributed by atoms with Gasteiger partial charge < -0.3 is 24.3 Å². The molecule has 0 aromatic heterocycles. The number of rotatable bonds is 10. The Balaban J connectivity index is 1.94. The van der Waals surface area contributed by atoms with E-state index in [0.29, 0.717) is 27.9 Å². The summed E-state index contributed by atoms with van der Waals surface area (Å²) >= 11 is 3.37. The van der Waals surface area contributed by atoms with Gasteiger partial charge in [-0.25, -0.2) is 0 Å². The zero-order chi connectivity index (χ0) is 24.5. The molecule has 3 rings (SSSR count). The molecular weight excluding hydrogens is 506 g/mol. The van der Waals surface area contributed by atoms with E-state index in [0.717, 1.165) is 0 Å². The van der Waals surface area contributed by atoms with Gasteiger partial charge in [-0.05, 0) is 66.2 Å². The largest absolute Gasteiger partial charge is 0.497 e. The number of ether oxygens (including phenoxy) is 4. The molecule has 0 spiro atoms. The third-order valence-electron chi connectivity index (χ3n) is 4.85. The molecule has 0 saturated heterocycles. The Morgan fingerprint density at radius 3 is 1.68 bits per heavy atom. The molecule has 0 radical (unpaired) electrons. The summed E-state index contributed by atoms with van der Waals surface area (Å²) in [6.07, 6.45) is 0.417. The van der Waals surface area contributed by atoms with Crippen molar-refractivity contribution < 1.29 is 33.3 Å². The van der Waals surface area contributed by atoms with Gasteiger partial charge in [0.2, 0.25) is 6.41 Å². The first-order valence-corrected chi connectivity index (χ1v) is 10.9. The third-order valence-corrected chi connectivity index (χ3v) is 5.35. The minimum Gasteiger partial charge on any atom is -0.497 e. The predicted molar refractivity (Wildman–Crippen MR) is 127 cm³/mol. The maximum Gasteiger partial charge on any atom is 0.328 e. The second-order valence-electron chi connectivity index (χ2n) is 6.99. The van der Waals surface area contributed by atoms with Crippen molar-refractivity contribution in [3.8, 4) is 23.0 Å². The third kappa shape index (κ3) is 6.35. The maximum atomic E-state index is 13.2. The highest BCUT2D eigenvalue weighted by Crippen LogP contribution is 2.29. The average molecular weight is 528 g/mol. The molecule has 0 aliphatic rings. The number of carbonyl (C=O) groups excluding carboxylic acids is 3. The summed E-state index contributed by atoms with van der Waals surface area (Å²) < 4.78 is 21.8. The summed E-state index contributed by atoms with van der Waals surface area (Å²) in [5, 5.41) is 2.55. The quantitative estimate of drug-likeness (QED) is 0.183. The van der Waals surface area contributed by atoms with Crippen LogP contribution in [0.5, 0.6) is 23.0 Å². The van der Waals surface area contributed by atoms with Crippen molar-refractivity contribution in [1.82, 2.24) is 5.32 Å². The van der Waals surface area contributed by atoms with Crippen LogP contribution in [-0.4, -0.2) is 32.6 Å².